The van der Waals surface area contributed by atoms with E-state index < -0.39 is 0 Å². The summed E-state index contributed by atoms with van der Waals surface area (Å²) in [4.78, 5) is 20.8. The Hall–Kier alpha value is -2.73. The van der Waals surface area contributed by atoms with Crippen molar-refractivity contribution in [2.45, 2.75) is 84.5 Å². The fourth-order valence-electron chi connectivity index (χ4n) is 3.43. The van der Waals surface area contributed by atoms with Gasteiger partial charge in [-0.3, -0.25) is 0 Å². The minimum absolute atomic E-state index is 0.353. The first-order valence-electron chi connectivity index (χ1n) is 13.2. The Morgan fingerprint density at radius 3 is 2.17 bits per heavy atom. The van der Waals surface area contributed by atoms with E-state index in [0.29, 0.717) is 23.9 Å². The molecule has 1 aromatic carbocycles. The number of hydrogen-bond donors (Lipinski definition) is 0. The zero-order valence-corrected chi connectivity index (χ0v) is 21.5. The van der Waals surface area contributed by atoms with Crippen LogP contribution < -0.4 is 9.47 Å². The third-order valence-corrected chi connectivity index (χ3v) is 5.53. The van der Waals surface area contributed by atoms with Crippen LogP contribution >= 0.6 is 0 Å². The number of hydrogen-bond acceptors (Lipinski definition) is 6. The molecule has 0 bridgehead atoms. The van der Waals surface area contributed by atoms with Crippen LogP contribution in [0.4, 0.5) is 0 Å². The Morgan fingerprint density at radius 2 is 1.43 bits per heavy atom. The molecule has 6 nitrogen and oxygen atoms in total. The quantitative estimate of drug-likeness (QED) is 0.0903. The number of carbonyl (C=O) groups is 1. The minimum atomic E-state index is -0.353. The van der Waals surface area contributed by atoms with Gasteiger partial charge in [-0.2, -0.15) is 0 Å². The molecule has 6 heteroatoms. The van der Waals surface area contributed by atoms with Gasteiger partial charge in [-0.05, 0) is 56.4 Å². The number of benzene rings is 1. The van der Waals surface area contributed by atoms with Crippen molar-refractivity contribution in [2.24, 2.45) is 0 Å². The normalized spacial score (nSPS) is 11.1. The van der Waals surface area contributed by atoms with Gasteiger partial charge in [0.15, 0.2) is 11.6 Å². The largest absolute Gasteiger partial charge is 0.490 e. The van der Waals surface area contributed by atoms with Crippen molar-refractivity contribution in [1.82, 2.24) is 9.97 Å². The van der Waals surface area contributed by atoms with Gasteiger partial charge in [0, 0.05) is 24.9 Å². The van der Waals surface area contributed by atoms with E-state index in [1.165, 1.54) is 38.2 Å². The van der Waals surface area contributed by atoms with Gasteiger partial charge in [0.05, 0.1) is 19.0 Å². The molecule has 0 radical (unpaired) electrons. The van der Waals surface area contributed by atoms with Gasteiger partial charge in [0.2, 0.25) is 0 Å². The lowest BCUT2D eigenvalue weighted by molar-refractivity contribution is -0.129. The van der Waals surface area contributed by atoms with Crippen LogP contribution in [0.2, 0.25) is 0 Å². The Balaban J connectivity index is 1.66. The average molecular weight is 483 g/mol. The third kappa shape index (κ3) is 13.1. The van der Waals surface area contributed by atoms with Gasteiger partial charge in [0.1, 0.15) is 5.75 Å². The monoisotopic (exact) mass is 482 g/mol. The van der Waals surface area contributed by atoms with Crippen LogP contribution in [0.25, 0.3) is 11.4 Å². The Morgan fingerprint density at radius 1 is 0.771 bits per heavy atom. The van der Waals surface area contributed by atoms with Gasteiger partial charge in [0.25, 0.3) is 0 Å². The highest BCUT2D eigenvalue weighted by Gasteiger charge is 2.05. The zero-order valence-electron chi connectivity index (χ0n) is 21.5. The summed E-state index contributed by atoms with van der Waals surface area (Å²) in [7, 11) is 0. The van der Waals surface area contributed by atoms with Crippen molar-refractivity contribution in [3.63, 3.8) is 0 Å². The lowest BCUT2D eigenvalue weighted by Gasteiger charge is -2.07. The lowest BCUT2D eigenvalue weighted by Crippen LogP contribution is -2.03. The fraction of sp³-hybridized carbons (Fsp3) is 0.552. The summed E-state index contributed by atoms with van der Waals surface area (Å²) in [6.07, 6.45) is 19.3. The van der Waals surface area contributed by atoms with Crippen molar-refractivity contribution in [1.29, 1.82) is 0 Å². The van der Waals surface area contributed by atoms with E-state index in [9.17, 15) is 4.79 Å². The molecule has 0 unspecified atom stereocenters. The molecular weight excluding hydrogens is 440 g/mol. The van der Waals surface area contributed by atoms with Gasteiger partial charge in [-0.15, -0.1) is 0 Å². The van der Waals surface area contributed by atoms with E-state index in [1.807, 2.05) is 18.2 Å². The van der Waals surface area contributed by atoms with Gasteiger partial charge in [-0.1, -0.05) is 58.4 Å². The van der Waals surface area contributed by atoms with Gasteiger partial charge < -0.3 is 14.2 Å². The van der Waals surface area contributed by atoms with Crippen LogP contribution in [0.5, 0.6) is 11.5 Å². The Kier molecular flexibility index (Phi) is 15.1. The molecule has 35 heavy (non-hydrogen) atoms. The summed E-state index contributed by atoms with van der Waals surface area (Å²) in [6, 6.07) is 7.20. The van der Waals surface area contributed by atoms with Crippen LogP contribution in [-0.4, -0.2) is 35.8 Å². The van der Waals surface area contributed by atoms with Crippen molar-refractivity contribution in [2.75, 3.05) is 19.8 Å². The van der Waals surface area contributed by atoms with Crippen molar-refractivity contribution < 1.29 is 19.0 Å². The summed E-state index contributed by atoms with van der Waals surface area (Å²) < 4.78 is 16.6. The summed E-state index contributed by atoms with van der Waals surface area (Å²) in [5, 5.41) is 0. The summed E-state index contributed by atoms with van der Waals surface area (Å²) in [5.74, 6) is 1.40. The predicted molar refractivity (Wildman–Crippen MR) is 141 cm³/mol. The molecule has 0 aliphatic carbocycles. The molecule has 0 saturated carbocycles. The zero-order chi connectivity index (χ0) is 25.0. The van der Waals surface area contributed by atoms with Gasteiger partial charge in [-0.25, -0.2) is 14.8 Å². The smallest absolute Gasteiger partial charge is 0.335 e. The maximum Gasteiger partial charge on any atom is 0.335 e. The summed E-state index contributed by atoms with van der Waals surface area (Å²) >= 11 is 0. The van der Waals surface area contributed by atoms with Crippen LogP contribution in [0.3, 0.4) is 0 Å². The predicted octanol–water partition coefficient (Wildman–Crippen LogP) is 7.33. The third-order valence-electron chi connectivity index (χ3n) is 5.53. The number of aromatic nitrogens is 2. The van der Waals surface area contributed by atoms with E-state index in [4.69, 9.17) is 14.2 Å². The molecule has 0 amide bonds. The SMILES string of the molecule is CCCCCCCC/C=C/C(=O)Oc1ccc(-c2ncc(OCCCCOCCCC)cn2)cc1. The van der Waals surface area contributed by atoms with Crippen molar-refractivity contribution >= 4 is 5.97 Å². The lowest BCUT2D eigenvalue weighted by atomic mass is 10.1. The molecule has 0 atom stereocenters. The van der Waals surface area contributed by atoms with Crippen LogP contribution in [0.15, 0.2) is 48.8 Å². The maximum atomic E-state index is 12.0. The van der Waals surface area contributed by atoms with Crippen LogP contribution in [0, 0.1) is 0 Å². The molecule has 192 valence electrons. The molecular formula is C29H42N2O4. The molecule has 0 aliphatic rings. The second-order valence-electron chi connectivity index (χ2n) is 8.67. The first kappa shape index (κ1) is 28.5. The number of rotatable bonds is 19. The molecule has 2 rings (SSSR count). The Labute approximate surface area is 211 Å². The standard InChI is InChI=1S/C29H42N2O4/c1-3-5-7-8-9-10-11-12-15-28(32)35-26-18-16-25(17-19-26)29-30-23-27(24-31-29)34-22-14-13-21-33-20-6-4-2/h12,15-19,23-24H,3-11,13-14,20-22H2,1-2H3/b15-12+. The molecule has 0 aliphatic heterocycles. The number of nitrogens with zero attached hydrogens (tertiary/aromatic N) is 2. The maximum absolute atomic E-state index is 12.0. The number of unbranched alkanes of at least 4 members (excludes halogenated alkanes) is 8. The van der Waals surface area contributed by atoms with E-state index in [0.717, 1.165) is 57.3 Å². The number of allylic oxidation sites excluding steroid dienone is 1. The number of carbonyl (C=O) groups excluding carboxylic acids is 1. The first-order valence-corrected chi connectivity index (χ1v) is 13.2. The number of ether oxygens (including phenoxy) is 3. The van der Waals surface area contributed by atoms with E-state index >= 15 is 0 Å². The highest BCUT2D eigenvalue weighted by molar-refractivity contribution is 5.84. The molecule has 1 aromatic heterocycles. The molecule has 0 fully saturated rings. The summed E-state index contributed by atoms with van der Waals surface area (Å²) in [6.45, 7) is 6.62. The van der Waals surface area contributed by atoms with Crippen LogP contribution in [-0.2, 0) is 9.53 Å². The highest BCUT2D eigenvalue weighted by atomic mass is 16.5. The Bertz CT molecular complexity index is 835. The first-order chi connectivity index (χ1) is 17.2. The summed E-state index contributed by atoms with van der Waals surface area (Å²) in [5.41, 5.74) is 0.846. The molecule has 2 aromatic rings. The van der Waals surface area contributed by atoms with E-state index in [-0.39, 0.29) is 5.97 Å². The topological polar surface area (TPSA) is 70.5 Å². The molecule has 0 N–H and O–H groups in total. The minimum Gasteiger partial charge on any atom is -0.490 e. The van der Waals surface area contributed by atoms with E-state index in [2.05, 4.69) is 23.8 Å². The molecule has 0 spiro atoms. The van der Waals surface area contributed by atoms with Gasteiger partial charge >= 0.3 is 5.97 Å². The molecule has 0 saturated heterocycles. The fourth-order valence-corrected chi connectivity index (χ4v) is 3.43. The average Bonchev–Trinajstić information content (AvgIpc) is 2.88. The number of esters is 1. The van der Waals surface area contributed by atoms with E-state index in [1.54, 1.807) is 24.5 Å². The van der Waals surface area contributed by atoms with Crippen molar-refractivity contribution in [3.05, 3.63) is 48.8 Å². The van der Waals surface area contributed by atoms with Crippen molar-refractivity contribution in [3.8, 4) is 22.9 Å². The second kappa shape index (κ2) is 18.6. The second-order valence-corrected chi connectivity index (χ2v) is 8.67. The van der Waals surface area contributed by atoms with Crippen LogP contribution in [0.1, 0.15) is 84.5 Å². The molecule has 1 heterocycles. The highest BCUT2D eigenvalue weighted by Crippen LogP contribution is 2.20.